The zero-order chi connectivity index (χ0) is 25.3. The number of aromatic nitrogens is 3. The highest BCUT2D eigenvalue weighted by molar-refractivity contribution is 5.93. The summed E-state index contributed by atoms with van der Waals surface area (Å²) in [4.78, 5) is 33.2. The van der Waals surface area contributed by atoms with E-state index in [1.165, 1.54) is 28.0 Å². The van der Waals surface area contributed by atoms with Gasteiger partial charge < -0.3 is 14.2 Å². The molecule has 0 N–H and O–H groups in total. The van der Waals surface area contributed by atoms with E-state index in [-0.39, 0.29) is 42.1 Å². The Hall–Kier alpha value is -4.41. The number of halogens is 3. The molecular formula is C25H20F3N5O3. The van der Waals surface area contributed by atoms with E-state index >= 15 is 0 Å². The molecule has 0 bridgehead atoms. The minimum absolute atomic E-state index is 0.129. The number of nitrogens with zero attached hydrogens (tertiary/aromatic N) is 5. The van der Waals surface area contributed by atoms with Crippen molar-refractivity contribution in [1.29, 1.82) is 0 Å². The molecule has 0 aliphatic carbocycles. The van der Waals surface area contributed by atoms with Crippen LogP contribution in [-0.2, 0) is 6.18 Å². The van der Waals surface area contributed by atoms with E-state index in [2.05, 4.69) is 10.1 Å². The van der Waals surface area contributed by atoms with Gasteiger partial charge in [-0.2, -0.15) is 13.2 Å². The fourth-order valence-corrected chi connectivity index (χ4v) is 3.98. The molecule has 1 aliphatic heterocycles. The molecule has 2 aromatic carbocycles. The van der Waals surface area contributed by atoms with Crippen molar-refractivity contribution < 1.29 is 27.2 Å². The highest BCUT2D eigenvalue weighted by Gasteiger charge is 2.32. The average molecular weight is 495 g/mol. The maximum Gasteiger partial charge on any atom is 0.416 e. The highest BCUT2D eigenvalue weighted by Crippen LogP contribution is 2.31. The molecule has 11 heteroatoms. The van der Waals surface area contributed by atoms with Gasteiger partial charge in [0.15, 0.2) is 11.6 Å². The summed E-state index contributed by atoms with van der Waals surface area (Å²) in [6.07, 6.45) is -3.11. The predicted octanol–water partition coefficient (Wildman–Crippen LogP) is 4.14. The lowest BCUT2D eigenvalue weighted by Crippen LogP contribution is -2.50. The maximum absolute atomic E-state index is 13.3. The zero-order valence-electron chi connectivity index (χ0n) is 18.9. The van der Waals surface area contributed by atoms with Gasteiger partial charge in [-0.15, -0.1) is 5.10 Å². The van der Waals surface area contributed by atoms with Crippen LogP contribution >= 0.6 is 0 Å². The minimum Gasteiger partial charge on any atom is -0.459 e. The molecule has 5 rings (SSSR count). The number of furan rings is 1. The Labute approximate surface area is 203 Å². The van der Waals surface area contributed by atoms with Crippen LogP contribution in [-0.4, -0.2) is 62.6 Å². The second-order valence-corrected chi connectivity index (χ2v) is 8.15. The fraction of sp³-hybridized carbons (Fsp3) is 0.200. The normalized spacial score (nSPS) is 14.2. The van der Waals surface area contributed by atoms with E-state index in [1.807, 2.05) is 0 Å². The van der Waals surface area contributed by atoms with Crippen LogP contribution in [0.1, 0.15) is 26.7 Å². The number of rotatable bonds is 4. The van der Waals surface area contributed by atoms with Crippen LogP contribution in [0.25, 0.3) is 17.1 Å². The first-order chi connectivity index (χ1) is 17.3. The zero-order valence-corrected chi connectivity index (χ0v) is 18.9. The fourth-order valence-electron chi connectivity index (χ4n) is 3.98. The van der Waals surface area contributed by atoms with Crippen LogP contribution < -0.4 is 0 Å². The number of alkyl halides is 3. The summed E-state index contributed by atoms with van der Waals surface area (Å²) in [7, 11) is 0. The van der Waals surface area contributed by atoms with Crippen LogP contribution in [0, 0.1) is 0 Å². The lowest BCUT2D eigenvalue weighted by molar-refractivity contribution is -0.137. The van der Waals surface area contributed by atoms with Gasteiger partial charge in [0.1, 0.15) is 0 Å². The molecule has 0 atom stereocenters. The van der Waals surface area contributed by atoms with Gasteiger partial charge in [-0.05, 0) is 30.3 Å². The van der Waals surface area contributed by atoms with Gasteiger partial charge in [-0.25, -0.2) is 9.67 Å². The smallest absolute Gasteiger partial charge is 0.416 e. The average Bonchev–Trinajstić information content (AvgIpc) is 3.59. The summed E-state index contributed by atoms with van der Waals surface area (Å²) in [5, 5.41) is 4.30. The molecule has 4 aromatic rings. The van der Waals surface area contributed by atoms with Crippen LogP contribution in [0.4, 0.5) is 13.2 Å². The molecule has 2 amide bonds. The Bertz CT molecular complexity index is 1380. The molecule has 1 aliphatic rings. The Balaban J connectivity index is 1.42. The van der Waals surface area contributed by atoms with Gasteiger partial charge in [0.05, 0.1) is 17.5 Å². The molecule has 0 saturated carbocycles. The standard InChI is InChI=1S/C25H20F3N5O3/c26-25(27,28)18-8-4-9-19(16-18)33-22(17-6-2-1-3-7-17)29-21(30-33)24(35)32-13-11-31(12-14-32)23(34)20-10-5-15-36-20/h1-10,15-16H,11-14H2. The third-order valence-corrected chi connectivity index (χ3v) is 5.83. The molecule has 8 nitrogen and oxygen atoms in total. The molecule has 2 aromatic heterocycles. The molecular weight excluding hydrogens is 475 g/mol. The summed E-state index contributed by atoms with van der Waals surface area (Å²) in [6, 6.07) is 16.7. The van der Waals surface area contributed by atoms with E-state index in [9.17, 15) is 22.8 Å². The predicted molar refractivity (Wildman–Crippen MR) is 122 cm³/mol. The first-order valence-electron chi connectivity index (χ1n) is 11.1. The van der Waals surface area contributed by atoms with Crippen molar-refractivity contribution in [3.8, 4) is 17.1 Å². The number of hydrogen-bond donors (Lipinski definition) is 0. The van der Waals surface area contributed by atoms with Crippen molar-refractivity contribution in [3.63, 3.8) is 0 Å². The van der Waals surface area contributed by atoms with Gasteiger partial charge in [0.25, 0.3) is 11.8 Å². The second-order valence-electron chi connectivity index (χ2n) is 8.15. The quantitative estimate of drug-likeness (QED) is 0.425. The first-order valence-corrected chi connectivity index (χ1v) is 11.1. The van der Waals surface area contributed by atoms with Crippen molar-refractivity contribution in [2.45, 2.75) is 6.18 Å². The van der Waals surface area contributed by atoms with Crippen molar-refractivity contribution in [2.75, 3.05) is 26.2 Å². The molecule has 36 heavy (non-hydrogen) atoms. The molecule has 0 radical (unpaired) electrons. The summed E-state index contributed by atoms with van der Waals surface area (Å²) >= 11 is 0. The Morgan fingerprint density at radius 3 is 2.17 bits per heavy atom. The third-order valence-electron chi connectivity index (χ3n) is 5.83. The van der Waals surface area contributed by atoms with Gasteiger partial charge in [0, 0.05) is 31.7 Å². The monoisotopic (exact) mass is 495 g/mol. The van der Waals surface area contributed by atoms with Crippen molar-refractivity contribution in [1.82, 2.24) is 24.6 Å². The number of benzene rings is 2. The van der Waals surface area contributed by atoms with E-state index < -0.39 is 17.6 Å². The Morgan fingerprint density at radius 2 is 1.53 bits per heavy atom. The van der Waals surface area contributed by atoms with E-state index in [1.54, 1.807) is 47.4 Å². The molecule has 184 valence electrons. The van der Waals surface area contributed by atoms with Crippen LogP contribution in [0.2, 0.25) is 0 Å². The molecule has 0 unspecified atom stereocenters. The summed E-state index contributed by atoms with van der Waals surface area (Å²) in [5.74, 6) is -0.404. The minimum atomic E-state index is -4.53. The highest BCUT2D eigenvalue weighted by atomic mass is 19.4. The maximum atomic E-state index is 13.3. The molecule has 1 fully saturated rings. The van der Waals surface area contributed by atoms with E-state index in [4.69, 9.17) is 4.42 Å². The number of piperazine rings is 1. The lowest BCUT2D eigenvalue weighted by Gasteiger charge is -2.33. The Morgan fingerprint density at radius 1 is 0.833 bits per heavy atom. The van der Waals surface area contributed by atoms with E-state index in [0.29, 0.717) is 18.7 Å². The molecule has 1 saturated heterocycles. The third kappa shape index (κ3) is 4.59. The van der Waals surface area contributed by atoms with Crippen molar-refractivity contribution >= 4 is 11.8 Å². The van der Waals surface area contributed by atoms with Crippen LogP contribution in [0.5, 0.6) is 0 Å². The first kappa shape index (κ1) is 23.3. The summed E-state index contributed by atoms with van der Waals surface area (Å²) in [5.41, 5.74) is -0.112. The SMILES string of the molecule is O=C(c1nc(-c2ccccc2)n(-c2cccc(C(F)(F)F)c2)n1)N1CCN(C(=O)c2ccco2)CC1. The Kier molecular flexibility index (Phi) is 6.05. The summed E-state index contributed by atoms with van der Waals surface area (Å²) in [6.45, 7) is 1.10. The number of carbonyl (C=O) groups excluding carboxylic acids is 2. The second kappa shape index (κ2) is 9.33. The largest absolute Gasteiger partial charge is 0.459 e. The van der Waals surface area contributed by atoms with E-state index in [0.717, 1.165) is 12.1 Å². The van der Waals surface area contributed by atoms with Gasteiger partial charge in [0.2, 0.25) is 5.82 Å². The van der Waals surface area contributed by atoms with Crippen molar-refractivity contribution in [3.05, 3.63) is 90.1 Å². The molecule has 3 heterocycles. The van der Waals surface area contributed by atoms with Gasteiger partial charge >= 0.3 is 6.18 Å². The number of amides is 2. The molecule has 0 spiro atoms. The number of hydrogen-bond acceptors (Lipinski definition) is 5. The van der Waals surface area contributed by atoms with Crippen LogP contribution in [0.15, 0.2) is 77.4 Å². The van der Waals surface area contributed by atoms with Gasteiger partial charge in [-0.3, -0.25) is 9.59 Å². The number of carbonyl (C=O) groups is 2. The van der Waals surface area contributed by atoms with Gasteiger partial charge in [-0.1, -0.05) is 36.4 Å². The van der Waals surface area contributed by atoms with Crippen molar-refractivity contribution in [2.24, 2.45) is 0 Å². The topological polar surface area (TPSA) is 84.5 Å². The van der Waals surface area contributed by atoms with Crippen LogP contribution in [0.3, 0.4) is 0 Å². The summed E-state index contributed by atoms with van der Waals surface area (Å²) < 4.78 is 46.4. The lowest BCUT2D eigenvalue weighted by atomic mass is 10.2.